The highest BCUT2D eigenvalue weighted by Crippen LogP contribution is 2.11. The Bertz CT molecular complexity index is 476. The molecule has 2 aromatic rings. The highest BCUT2D eigenvalue weighted by atomic mass is 14.6. The molecule has 2 heteroatoms. The van der Waals surface area contributed by atoms with Crippen molar-refractivity contribution in [3.63, 3.8) is 0 Å². The number of aryl methyl sites for hydroxylation is 2. The number of hydrogen-bond acceptors (Lipinski definition) is 1. The highest BCUT2D eigenvalue weighted by Gasteiger charge is 2.13. The minimum atomic E-state index is 1.05. The number of benzene rings is 2. The lowest BCUT2D eigenvalue weighted by molar-refractivity contribution is 1.42. The van der Waals surface area contributed by atoms with Crippen LogP contribution in [-0.4, -0.2) is 13.7 Å². The summed E-state index contributed by atoms with van der Waals surface area (Å²) in [5.74, 6) is 0. The van der Waals surface area contributed by atoms with Crippen LogP contribution in [0.2, 0.25) is 0 Å². The third-order valence-corrected chi connectivity index (χ3v) is 2.87. The molecule has 2 aromatic carbocycles. The van der Waals surface area contributed by atoms with E-state index < -0.39 is 0 Å². The molecule has 0 aliphatic heterocycles. The van der Waals surface area contributed by atoms with Crippen LogP contribution < -0.4 is 4.90 Å². The summed E-state index contributed by atoms with van der Waals surface area (Å²) in [4.78, 5) is 4.40. The van der Waals surface area contributed by atoms with Crippen molar-refractivity contribution in [2.45, 2.75) is 13.8 Å². The summed E-state index contributed by atoms with van der Waals surface area (Å²) in [7, 11) is 1.84. The lowest BCUT2D eigenvalue weighted by Gasteiger charge is -2.00. The first-order valence-electron chi connectivity index (χ1n) is 5.81. The largest absolute Gasteiger partial charge is 0.526 e. The molecule has 0 N–H and O–H groups in total. The maximum atomic E-state index is 4.40. The van der Waals surface area contributed by atoms with E-state index in [0.29, 0.717) is 0 Å². The fourth-order valence-corrected chi connectivity index (χ4v) is 1.85. The van der Waals surface area contributed by atoms with Gasteiger partial charge < -0.3 is 0 Å². The maximum Gasteiger partial charge on any atom is 0.526 e. The van der Waals surface area contributed by atoms with Crippen LogP contribution in [0.25, 0.3) is 0 Å². The lowest BCUT2D eigenvalue weighted by Crippen LogP contribution is -2.10. The van der Waals surface area contributed by atoms with Crippen LogP contribution in [0, 0.1) is 13.8 Å². The number of hydrogen-bond donors (Lipinski definition) is 0. The van der Waals surface area contributed by atoms with Gasteiger partial charge in [-0.2, -0.15) is 0 Å². The van der Waals surface area contributed by atoms with E-state index in [4.69, 9.17) is 0 Å². The summed E-state index contributed by atoms with van der Waals surface area (Å²) < 4.78 is 0. The van der Waals surface area contributed by atoms with E-state index in [9.17, 15) is 0 Å². The summed E-state index contributed by atoms with van der Waals surface area (Å²) in [6, 6.07) is 17.0. The van der Waals surface area contributed by atoms with Gasteiger partial charge in [0, 0.05) is 11.1 Å². The molecule has 1 nitrogen and oxygen atoms in total. The van der Waals surface area contributed by atoms with Gasteiger partial charge in [0.15, 0.2) is 0 Å². The molecule has 17 heavy (non-hydrogen) atoms. The van der Waals surface area contributed by atoms with Crippen LogP contribution >= 0.6 is 0 Å². The minimum Gasteiger partial charge on any atom is -0.0850 e. The number of rotatable bonds is 2. The Morgan fingerprint density at radius 1 is 0.765 bits per heavy atom. The van der Waals surface area contributed by atoms with Crippen molar-refractivity contribution in [2.75, 3.05) is 0 Å². The van der Waals surface area contributed by atoms with Crippen molar-refractivity contribution in [1.29, 1.82) is 0 Å². The summed E-state index contributed by atoms with van der Waals surface area (Å²) >= 11 is 0. The third-order valence-electron chi connectivity index (χ3n) is 2.87. The zero-order chi connectivity index (χ0) is 12.3. The Morgan fingerprint density at radius 3 is 1.41 bits per heavy atom. The first-order valence-corrected chi connectivity index (χ1v) is 5.81. The molecule has 0 atom stereocenters. The Balaban J connectivity index is 2.41. The molecule has 83 valence electrons. The van der Waals surface area contributed by atoms with Crippen LogP contribution in [0.5, 0.6) is 0 Å². The van der Waals surface area contributed by atoms with Crippen molar-refractivity contribution in [2.24, 2.45) is 0 Å². The average molecular weight is 221 g/mol. The smallest absolute Gasteiger partial charge is 0.0850 e. The van der Waals surface area contributed by atoms with Gasteiger partial charge >= 0.3 is 7.98 Å². The molecule has 2 rings (SSSR count). The fourth-order valence-electron chi connectivity index (χ4n) is 1.85. The standard InChI is InChI=1S/C15H16BN/c1-11-3-7-13(8-4-11)15(17-16)14-9-5-12(2)6-10-14/h3-10H,16H2,1-2H3/q+1. The molecule has 0 saturated carbocycles. The SMILES string of the molecule is B[N+]=C(c1ccc(C)cc1)c1ccc(C)cc1. The Kier molecular flexibility index (Phi) is 3.43. The van der Waals surface area contributed by atoms with Gasteiger partial charge in [-0.15, -0.1) is 0 Å². The molecule has 0 unspecified atom stereocenters. The molecule has 0 heterocycles. The van der Waals surface area contributed by atoms with E-state index in [1.54, 1.807) is 0 Å². The first-order chi connectivity index (χ1) is 8.20. The quantitative estimate of drug-likeness (QED) is 0.544. The molecule has 0 spiro atoms. The predicted octanol–water partition coefficient (Wildman–Crippen LogP) is 2.02. The van der Waals surface area contributed by atoms with Crippen molar-refractivity contribution in [3.8, 4) is 0 Å². The molecule has 0 amide bonds. The normalized spacial score (nSPS) is 10.0. The minimum absolute atomic E-state index is 1.05. The Morgan fingerprint density at radius 2 is 1.12 bits per heavy atom. The van der Waals surface area contributed by atoms with Gasteiger partial charge in [0.1, 0.15) is 0 Å². The van der Waals surface area contributed by atoms with Crippen molar-refractivity contribution in [1.82, 2.24) is 4.90 Å². The molecule has 0 saturated heterocycles. The van der Waals surface area contributed by atoms with Gasteiger partial charge in [0.2, 0.25) is 5.71 Å². The molecule has 1 radical (unpaired) electrons. The molecular formula is C15H16BN+. The molecule has 0 aliphatic rings. The van der Waals surface area contributed by atoms with Gasteiger partial charge in [-0.3, -0.25) is 0 Å². The molecule has 0 aromatic heterocycles. The van der Waals surface area contributed by atoms with E-state index in [-0.39, 0.29) is 0 Å². The van der Waals surface area contributed by atoms with Crippen LogP contribution in [-0.2, 0) is 0 Å². The van der Waals surface area contributed by atoms with Crippen LogP contribution in [0.3, 0.4) is 0 Å². The monoisotopic (exact) mass is 221 g/mol. The van der Waals surface area contributed by atoms with Crippen LogP contribution in [0.4, 0.5) is 0 Å². The first kappa shape index (κ1) is 11.7. The van der Waals surface area contributed by atoms with Crippen LogP contribution in [0.1, 0.15) is 22.3 Å². The van der Waals surface area contributed by atoms with Gasteiger partial charge in [0.25, 0.3) is 0 Å². The van der Waals surface area contributed by atoms with E-state index >= 15 is 0 Å². The zero-order valence-electron chi connectivity index (χ0n) is 10.6. The van der Waals surface area contributed by atoms with Crippen molar-refractivity contribution in [3.05, 3.63) is 70.8 Å². The Hall–Kier alpha value is -1.83. The topological polar surface area (TPSA) is 14.1 Å². The molecule has 0 aliphatic carbocycles. The Labute approximate surface area is 104 Å². The summed E-state index contributed by atoms with van der Waals surface area (Å²) in [6.45, 7) is 4.19. The van der Waals surface area contributed by atoms with E-state index in [1.807, 2.05) is 7.98 Å². The van der Waals surface area contributed by atoms with Gasteiger partial charge in [-0.05, 0) is 38.1 Å². The third kappa shape index (κ3) is 2.65. The summed E-state index contributed by atoms with van der Waals surface area (Å²) in [5, 5.41) is 0. The fraction of sp³-hybridized carbons (Fsp3) is 0.133. The van der Waals surface area contributed by atoms with Gasteiger partial charge in [-0.25, -0.2) is 0 Å². The van der Waals surface area contributed by atoms with Crippen molar-refractivity contribution < 1.29 is 0 Å². The lowest BCUT2D eigenvalue weighted by atomic mass is 9.99. The van der Waals surface area contributed by atoms with Gasteiger partial charge in [-0.1, -0.05) is 40.3 Å². The van der Waals surface area contributed by atoms with Crippen molar-refractivity contribution >= 4 is 13.7 Å². The zero-order valence-corrected chi connectivity index (χ0v) is 10.6. The highest BCUT2D eigenvalue weighted by molar-refractivity contribution is 6.21. The second-order valence-electron chi connectivity index (χ2n) is 4.30. The second-order valence-corrected chi connectivity index (χ2v) is 4.30. The number of nitrogens with zero attached hydrogens (tertiary/aromatic N) is 1. The van der Waals surface area contributed by atoms with Gasteiger partial charge in [0.05, 0.1) is 0 Å². The second kappa shape index (κ2) is 5.00. The molecule has 0 fully saturated rings. The summed E-state index contributed by atoms with van der Waals surface area (Å²) in [5.41, 5.74) is 5.93. The van der Waals surface area contributed by atoms with Crippen LogP contribution in [0.15, 0.2) is 48.5 Å². The van der Waals surface area contributed by atoms with E-state index in [2.05, 4.69) is 67.3 Å². The average Bonchev–Trinajstić information content (AvgIpc) is 2.35. The predicted molar refractivity (Wildman–Crippen MR) is 76.2 cm³/mol. The summed E-state index contributed by atoms with van der Waals surface area (Å²) in [6.07, 6.45) is 0. The maximum absolute atomic E-state index is 4.40. The molecular weight excluding hydrogens is 205 g/mol. The molecule has 0 bridgehead atoms. The van der Waals surface area contributed by atoms with E-state index in [0.717, 1.165) is 5.71 Å². The van der Waals surface area contributed by atoms with E-state index in [1.165, 1.54) is 22.3 Å².